The number of benzene rings is 2. The van der Waals surface area contributed by atoms with Gasteiger partial charge in [-0.1, -0.05) is 45.0 Å². The van der Waals surface area contributed by atoms with E-state index in [1.165, 1.54) is 0 Å². The molecule has 5 heteroatoms. The zero-order valence-corrected chi connectivity index (χ0v) is 19.0. The number of carbonyl (C=O) groups is 2. The molecule has 2 aromatic carbocycles. The number of rotatable bonds is 3. The fourth-order valence-electron chi connectivity index (χ4n) is 3.07. The van der Waals surface area contributed by atoms with Crippen LogP contribution in [-0.2, 0) is 5.41 Å². The SMILES string of the molecule is C[SiH](C)Oc1c(Br)cc(C(C)(C)C)cc1C=C1C(=O)c2ccccc2C1=O. The molecule has 0 amide bonds. The van der Waals surface area contributed by atoms with Gasteiger partial charge in [0.25, 0.3) is 0 Å². The van der Waals surface area contributed by atoms with Gasteiger partial charge in [-0.25, -0.2) is 0 Å². The van der Waals surface area contributed by atoms with E-state index in [9.17, 15) is 9.59 Å². The summed E-state index contributed by atoms with van der Waals surface area (Å²) in [6, 6.07) is 11.0. The van der Waals surface area contributed by atoms with Gasteiger partial charge in [-0.05, 0) is 58.2 Å². The number of hydrogen-bond donors (Lipinski definition) is 0. The molecule has 0 aromatic heterocycles. The van der Waals surface area contributed by atoms with Crippen LogP contribution in [0.15, 0.2) is 46.4 Å². The molecule has 3 nitrogen and oxygen atoms in total. The van der Waals surface area contributed by atoms with Crippen molar-refractivity contribution in [3.05, 3.63) is 68.7 Å². The van der Waals surface area contributed by atoms with E-state index in [2.05, 4.69) is 55.9 Å². The highest BCUT2D eigenvalue weighted by Crippen LogP contribution is 2.38. The molecule has 0 radical (unpaired) electrons. The number of halogens is 1. The lowest BCUT2D eigenvalue weighted by atomic mass is 9.85. The number of ketones is 2. The summed E-state index contributed by atoms with van der Waals surface area (Å²) in [5.41, 5.74) is 2.94. The predicted molar refractivity (Wildman–Crippen MR) is 115 cm³/mol. The van der Waals surface area contributed by atoms with Gasteiger partial charge in [0.2, 0.25) is 9.04 Å². The van der Waals surface area contributed by atoms with Gasteiger partial charge in [-0.2, -0.15) is 0 Å². The Labute approximate surface area is 170 Å². The van der Waals surface area contributed by atoms with Crippen molar-refractivity contribution in [1.82, 2.24) is 0 Å². The zero-order valence-electron chi connectivity index (χ0n) is 16.2. The number of allylic oxidation sites excluding steroid dienone is 1. The van der Waals surface area contributed by atoms with Gasteiger partial charge in [0, 0.05) is 16.7 Å². The van der Waals surface area contributed by atoms with E-state index in [0.29, 0.717) is 16.9 Å². The monoisotopic (exact) mass is 442 g/mol. The normalized spacial score (nSPS) is 14.0. The van der Waals surface area contributed by atoms with Crippen molar-refractivity contribution < 1.29 is 14.0 Å². The van der Waals surface area contributed by atoms with Crippen molar-refractivity contribution in [3.8, 4) is 5.75 Å². The molecule has 0 saturated carbocycles. The predicted octanol–water partition coefficient (Wildman–Crippen LogP) is 5.57. The summed E-state index contributed by atoms with van der Waals surface area (Å²) >= 11 is 3.63. The number of fused-ring (bicyclic) bond motifs is 1. The topological polar surface area (TPSA) is 43.4 Å². The van der Waals surface area contributed by atoms with E-state index < -0.39 is 9.04 Å². The first-order valence-corrected chi connectivity index (χ1v) is 12.6. The van der Waals surface area contributed by atoms with Gasteiger partial charge in [-0.15, -0.1) is 0 Å². The van der Waals surface area contributed by atoms with Gasteiger partial charge in [-0.3, -0.25) is 9.59 Å². The fourth-order valence-corrected chi connectivity index (χ4v) is 4.55. The second kappa shape index (κ2) is 7.21. The molecule has 27 heavy (non-hydrogen) atoms. The third-order valence-corrected chi connectivity index (χ3v) is 5.79. The second-order valence-corrected chi connectivity index (χ2v) is 11.2. The van der Waals surface area contributed by atoms with Crippen LogP contribution in [0.25, 0.3) is 6.08 Å². The molecule has 0 atom stereocenters. The largest absolute Gasteiger partial charge is 0.546 e. The standard InChI is InChI=1S/C22H23BrO3Si/c1-22(2,3)14-10-13(21(18(23)12-14)26-27(4)5)11-17-19(24)15-8-6-7-9-16(15)20(17)25/h6-12,27H,1-5H3. The first kappa shape index (κ1) is 19.8. The van der Waals surface area contributed by atoms with Crippen LogP contribution in [0.1, 0.15) is 52.6 Å². The summed E-state index contributed by atoms with van der Waals surface area (Å²) in [7, 11) is -1.38. The van der Waals surface area contributed by atoms with Crippen LogP contribution in [0.3, 0.4) is 0 Å². The highest BCUT2D eigenvalue weighted by molar-refractivity contribution is 9.10. The molecular weight excluding hydrogens is 420 g/mol. The van der Waals surface area contributed by atoms with Gasteiger partial charge >= 0.3 is 0 Å². The van der Waals surface area contributed by atoms with Gasteiger partial charge in [0.05, 0.1) is 10.0 Å². The van der Waals surface area contributed by atoms with Crippen molar-refractivity contribution in [2.75, 3.05) is 0 Å². The lowest BCUT2D eigenvalue weighted by Crippen LogP contribution is -2.15. The van der Waals surface area contributed by atoms with Crippen molar-refractivity contribution >= 4 is 42.6 Å². The zero-order chi connectivity index (χ0) is 19.9. The molecule has 140 valence electrons. The molecule has 0 saturated heterocycles. The van der Waals surface area contributed by atoms with E-state index in [-0.39, 0.29) is 22.6 Å². The minimum atomic E-state index is -1.38. The highest BCUT2D eigenvalue weighted by atomic mass is 79.9. The Morgan fingerprint density at radius 3 is 2.04 bits per heavy atom. The van der Waals surface area contributed by atoms with Crippen molar-refractivity contribution in [2.24, 2.45) is 0 Å². The molecule has 1 aliphatic carbocycles. The summed E-state index contributed by atoms with van der Waals surface area (Å²) in [6.07, 6.45) is 1.69. The van der Waals surface area contributed by atoms with Gasteiger partial charge in [0.15, 0.2) is 11.6 Å². The summed E-state index contributed by atoms with van der Waals surface area (Å²) < 4.78 is 6.97. The minimum Gasteiger partial charge on any atom is -0.546 e. The maximum absolute atomic E-state index is 12.8. The van der Waals surface area contributed by atoms with Crippen molar-refractivity contribution in [2.45, 2.75) is 39.3 Å². The molecule has 0 heterocycles. The van der Waals surface area contributed by atoms with E-state index >= 15 is 0 Å². The average molecular weight is 443 g/mol. The molecule has 0 bridgehead atoms. The third-order valence-electron chi connectivity index (χ3n) is 4.50. The molecule has 0 aliphatic heterocycles. The third kappa shape index (κ3) is 3.85. The van der Waals surface area contributed by atoms with Crippen LogP contribution in [0.5, 0.6) is 5.75 Å². The molecule has 0 N–H and O–H groups in total. The first-order valence-electron chi connectivity index (χ1n) is 9.00. The van der Waals surface area contributed by atoms with Crippen LogP contribution in [-0.4, -0.2) is 20.6 Å². The quantitative estimate of drug-likeness (QED) is 0.354. The first-order chi connectivity index (χ1) is 12.6. The highest BCUT2D eigenvalue weighted by Gasteiger charge is 2.33. The van der Waals surface area contributed by atoms with Gasteiger partial charge < -0.3 is 4.43 Å². The molecule has 0 unspecified atom stereocenters. The Hall–Kier alpha value is -1.98. The Morgan fingerprint density at radius 2 is 1.56 bits per heavy atom. The smallest absolute Gasteiger partial charge is 0.229 e. The Morgan fingerprint density at radius 1 is 1.00 bits per heavy atom. The lowest BCUT2D eigenvalue weighted by molar-refractivity contribution is 0.0990. The number of Topliss-reactive ketones (excluding diaryl/α,β-unsaturated/α-hetero) is 2. The molecule has 2 aromatic rings. The van der Waals surface area contributed by atoms with E-state index in [1.54, 1.807) is 30.3 Å². The van der Waals surface area contributed by atoms with Crippen LogP contribution < -0.4 is 4.43 Å². The number of carbonyl (C=O) groups excluding carboxylic acids is 2. The van der Waals surface area contributed by atoms with E-state index in [4.69, 9.17) is 4.43 Å². The second-order valence-electron chi connectivity index (χ2n) is 8.05. The summed E-state index contributed by atoms with van der Waals surface area (Å²) in [6.45, 7) is 10.6. The molecule has 3 rings (SSSR count). The van der Waals surface area contributed by atoms with E-state index in [1.807, 2.05) is 6.07 Å². The maximum atomic E-state index is 12.8. The van der Waals surface area contributed by atoms with Crippen molar-refractivity contribution in [1.29, 1.82) is 0 Å². The Balaban J connectivity index is 2.18. The van der Waals surface area contributed by atoms with Crippen LogP contribution in [0, 0.1) is 0 Å². The lowest BCUT2D eigenvalue weighted by Gasteiger charge is -2.23. The Bertz CT molecular complexity index is 931. The Kier molecular flexibility index (Phi) is 5.28. The fraction of sp³-hybridized carbons (Fsp3) is 0.273. The summed E-state index contributed by atoms with van der Waals surface area (Å²) in [5.74, 6) is 0.259. The summed E-state index contributed by atoms with van der Waals surface area (Å²) in [5, 5.41) is 0. The van der Waals surface area contributed by atoms with Crippen LogP contribution in [0.4, 0.5) is 0 Å². The molecule has 1 aliphatic rings. The molecule has 0 fully saturated rings. The molecule has 0 spiro atoms. The number of hydrogen-bond acceptors (Lipinski definition) is 3. The van der Waals surface area contributed by atoms with Crippen LogP contribution >= 0.6 is 15.9 Å². The summed E-state index contributed by atoms with van der Waals surface area (Å²) in [4.78, 5) is 25.6. The van der Waals surface area contributed by atoms with E-state index in [0.717, 1.165) is 15.6 Å². The average Bonchev–Trinajstić information content (AvgIpc) is 2.82. The minimum absolute atomic E-state index is 0.0732. The van der Waals surface area contributed by atoms with Gasteiger partial charge in [0.1, 0.15) is 5.75 Å². The van der Waals surface area contributed by atoms with Crippen LogP contribution in [0.2, 0.25) is 13.1 Å². The molecular formula is C22H23BrO3Si. The maximum Gasteiger partial charge on any atom is 0.229 e. The van der Waals surface area contributed by atoms with Crippen molar-refractivity contribution in [3.63, 3.8) is 0 Å².